The van der Waals surface area contributed by atoms with Crippen LogP contribution in [0.15, 0.2) is 41.3 Å². The first kappa shape index (κ1) is 11.4. The van der Waals surface area contributed by atoms with Gasteiger partial charge in [-0.15, -0.1) is 0 Å². The van der Waals surface area contributed by atoms with Crippen LogP contribution < -0.4 is 0 Å². The van der Waals surface area contributed by atoms with Gasteiger partial charge in [0.1, 0.15) is 0 Å². The molecule has 0 fully saturated rings. The van der Waals surface area contributed by atoms with Crippen molar-refractivity contribution in [2.45, 2.75) is 4.90 Å². The van der Waals surface area contributed by atoms with E-state index in [9.17, 15) is 8.42 Å². The van der Waals surface area contributed by atoms with Crippen LogP contribution >= 0.6 is 11.6 Å². The summed E-state index contributed by atoms with van der Waals surface area (Å²) in [6.45, 7) is 0. The number of fused-ring (bicyclic) bond motifs is 1. The molecule has 0 aromatic heterocycles. The molecular weight excluding hydrogens is 248 g/mol. The molecule has 0 saturated carbocycles. The molecule has 0 aliphatic carbocycles. The van der Waals surface area contributed by atoms with Crippen molar-refractivity contribution in [2.75, 3.05) is 0 Å². The van der Waals surface area contributed by atoms with Crippen LogP contribution in [-0.2, 0) is 14.3 Å². The smallest absolute Gasteiger partial charge is 0.264 e. The van der Waals surface area contributed by atoms with Crippen LogP contribution in [0.25, 0.3) is 10.8 Å². The standard InChI is InChI=1S/C11H8ClO3S/c1-15-16(13,14)9-5-6-10-8(7-9)3-2-4-11(10)12/h2-7H,1H2. The molecule has 3 nitrogen and oxygen atoms in total. The SMILES string of the molecule is [CH2]OS(=O)(=O)c1ccc2c(Cl)cccc2c1. The highest BCUT2D eigenvalue weighted by atomic mass is 35.5. The van der Waals surface area contributed by atoms with Crippen molar-refractivity contribution in [1.29, 1.82) is 0 Å². The van der Waals surface area contributed by atoms with Gasteiger partial charge in [-0.2, -0.15) is 8.42 Å². The molecule has 0 unspecified atom stereocenters. The van der Waals surface area contributed by atoms with E-state index in [2.05, 4.69) is 11.3 Å². The van der Waals surface area contributed by atoms with Crippen molar-refractivity contribution in [2.24, 2.45) is 0 Å². The molecule has 0 atom stereocenters. The third kappa shape index (κ3) is 1.91. The van der Waals surface area contributed by atoms with Crippen molar-refractivity contribution < 1.29 is 12.6 Å². The minimum Gasteiger partial charge on any atom is -0.264 e. The van der Waals surface area contributed by atoms with Gasteiger partial charge in [-0.1, -0.05) is 29.8 Å². The first-order chi connectivity index (χ1) is 7.54. The topological polar surface area (TPSA) is 43.4 Å². The molecule has 0 bridgehead atoms. The maximum absolute atomic E-state index is 11.4. The van der Waals surface area contributed by atoms with Crippen LogP contribution in [0.5, 0.6) is 0 Å². The third-order valence-corrected chi connectivity index (χ3v) is 3.71. The Bertz CT molecular complexity index is 635. The van der Waals surface area contributed by atoms with Crippen molar-refractivity contribution >= 4 is 32.5 Å². The summed E-state index contributed by atoms with van der Waals surface area (Å²) in [7, 11) is -0.839. The predicted octanol–water partition coefficient (Wildman–Crippen LogP) is 2.99. The van der Waals surface area contributed by atoms with Gasteiger partial charge in [-0.05, 0) is 23.6 Å². The van der Waals surface area contributed by atoms with Gasteiger partial charge in [0.2, 0.25) is 0 Å². The lowest BCUT2D eigenvalue weighted by atomic mass is 10.1. The van der Waals surface area contributed by atoms with E-state index in [0.29, 0.717) is 5.02 Å². The monoisotopic (exact) mass is 255 g/mol. The minimum atomic E-state index is -3.76. The molecule has 0 saturated heterocycles. The van der Waals surface area contributed by atoms with E-state index in [4.69, 9.17) is 11.6 Å². The molecule has 0 N–H and O–H groups in total. The summed E-state index contributed by atoms with van der Waals surface area (Å²) >= 11 is 5.96. The Balaban J connectivity index is 2.71. The van der Waals surface area contributed by atoms with E-state index in [-0.39, 0.29) is 4.90 Å². The van der Waals surface area contributed by atoms with E-state index in [1.807, 2.05) is 0 Å². The first-order valence-electron chi connectivity index (χ1n) is 4.41. The maximum Gasteiger partial charge on any atom is 0.297 e. The van der Waals surface area contributed by atoms with E-state index in [1.165, 1.54) is 12.1 Å². The van der Waals surface area contributed by atoms with Crippen molar-refractivity contribution in [3.05, 3.63) is 48.5 Å². The van der Waals surface area contributed by atoms with Crippen LogP contribution in [-0.4, -0.2) is 8.42 Å². The van der Waals surface area contributed by atoms with Gasteiger partial charge < -0.3 is 0 Å². The van der Waals surface area contributed by atoms with Gasteiger partial charge in [-0.25, -0.2) is 0 Å². The molecular formula is C11H8ClO3S. The fourth-order valence-electron chi connectivity index (χ4n) is 1.45. The second kappa shape index (κ2) is 4.05. The Hall–Kier alpha value is -1.10. The zero-order chi connectivity index (χ0) is 11.8. The Morgan fingerprint density at radius 2 is 1.94 bits per heavy atom. The average Bonchev–Trinajstić information content (AvgIpc) is 2.29. The quantitative estimate of drug-likeness (QED) is 0.775. The van der Waals surface area contributed by atoms with Crippen LogP contribution in [0, 0.1) is 7.11 Å². The number of hydrogen-bond acceptors (Lipinski definition) is 3. The van der Waals surface area contributed by atoms with Crippen molar-refractivity contribution in [3.8, 4) is 0 Å². The fourth-order valence-corrected chi connectivity index (χ4v) is 2.33. The van der Waals surface area contributed by atoms with Gasteiger partial charge in [0.15, 0.2) is 0 Å². The molecule has 16 heavy (non-hydrogen) atoms. The molecule has 5 heteroatoms. The van der Waals surface area contributed by atoms with Crippen LogP contribution in [0.2, 0.25) is 5.02 Å². The van der Waals surface area contributed by atoms with E-state index >= 15 is 0 Å². The molecule has 2 rings (SSSR count). The predicted molar refractivity (Wildman–Crippen MR) is 62.6 cm³/mol. The lowest BCUT2D eigenvalue weighted by molar-refractivity contribution is 0.438. The third-order valence-electron chi connectivity index (χ3n) is 2.24. The number of hydrogen-bond donors (Lipinski definition) is 0. The molecule has 0 aliphatic heterocycles. The summed E-state index contributed by atoms with van der Waals surface area (Å²) in [6.07, 6.45) is 0. The number of halogens is 1. The van der Waals surface area contributed by atoms with E-state index < -0.39 is 10.1 Å². The first-order valence-corrected chi connectivity index (χ1v) is 6.20. The molecule has 0 amide bonds. The van der Waals surface area contributed by atoms with Crippen LogP contribution in [0.3, 0.4) is 0 Å². The molecule has 2 aromatic carbocycles. The number of benzene rings is 2. The molecule has 0 spiro atoms. The minimum absolute atomic E-state index is 0.0669. The molecule has 83 valence electrons. The van der Waals surface area contributed by atoms with Gasteiger partial charge in [0, 0.05) is 10.4 Å². The Labute approximate surface area is 98.7 Å². The zero-order valence-electron chi connectivity index (χ0n) is 8.18. The summed E-state index contributed by atoms with van der Waals surface area (Å²) in [5, 5.41) is 2.12. The molecule has 0 heterocycles. The van der Waals surface area contributed by atoms with Gasteiger partial charge in [-0.3, -0.25) is 4.18 Å². The second-order valence-electron chi connectivity index (χ2n) is 3.19. The van der Waals surface area contributed by atoms with Crippen LogP contribution in [0.1, 0.15) is 0 Å². The normalized spacial score (nSPS) is 11.9. The maximum atomic E-state index is 11.4. The van der Waals surface area contributed by atoms with E-state index in [1.54, 1.807) is 24.3 Å². The Morgan fingerprint density at radius 1 is 1.19 bits per heavy atom. The summed E-state index contributed by atoms with van der Waals surface area (Å²) in [6, 6.07) is 9.87. The summed E-state index contributed by atoms with van der Waals surface area (Å²) < 4.78 is 27.0. The Kier molecular flexibility index (Phi) is 2.88. The highest BCUT2D eigenvalue weighted by molar-refractivity contribution is 7.86. The second-order valence-corrected chi connectivity index (χ2v) is 5.22. The van der Waals surface area contributed by atoms with Gasteiger partial charge in [0.25, 0.3) is 10.1 Å². The fraction of sp³-hybridized carbons (Fsp3) is 0. The molecule has 1 radical (unpaired) electrons. The summed E-state index contributed by atoms with van der Waals surface area (Å²) in [5.74, 6) is 0. The van der Waals surface area contributed by atoms with Gasteiger partial charge >= 0.3 is 0 Å². The van der Waals surface area contributed by atoms with E-state index in [0.717, 1.165) is 10.8 Å². The Morgan fingerprint density at radius 3 is 2.62 bits per heavy atom. The highest BCUT2D eigenvalue weighted by Crippen LogP contribution is 2.26. The lowest BCUT2D eigenvalue weighted by Gasteiger charge is -2.04. The molecule has 0 aliphatic rings. The number of rotatable bonds is 2. The highest BCUT2D eigenvalue weighted by Gasteiger charge is 2.13. The summed E-state index contributed by atoms with van der Waals surface area (Å²) in [4.78, 5) is 0.0669. The zero-order valence-corrected chi connectivity index (χ0v) is 9.75. The lowest BCUT2D eigenvalue weighted by Crippen LogP contribution is -2.01. The average molecular weight is 256 g/mol. The molecule has 2 aromatic rings. The van der Waals surface area contributed by atoms with Crippen molar-refractivity contribution in [3.63, 3.8) is 0 Å². The van der Waals surface area contributed by atoms with Crippen LogP contribution in [0.4, 0.5) is 0 Å². The largest absolute Gasteiger partial charge is 0.297 e. The van der Waals surface area contributed by atoms with Crippen molar-refractivity contribution in [1.82, 2.24) is 0 Å². The van der Waals surface area contributed by atoms with Gasteiger partial charge in [0.05, 0.1) is 12.0 Å². The summed E-state index contributed by atoms with van der Waals surface area (Å²) in [5.41, 5.74) is 0.